The maximum atomic E-state index is 5.51. The summed E-state index contributed by atoms with van der Waals surface area (Å²) >= 11 is 3.56. The summed E-state index contributed by atoms with van der Waals surface area (Å²) in [6, 6.07) is 14.7. The SMILES string of the molecule is CCOc1ccc(CN2CCN(Cc3cc(Br)ccc3OC)CC2)cc1. The first-order valence-electron chi connectivity index (χ1n) is 9.17. The summed E-state index contributed by atoms with van der Waals surface area (Å²) in [5, 5.41) is 0. The average molecular weight is 419 g/mol. The standard InChI is InChI=1S/C21H27BrN2O2/c1-3-26-20-7-4-17(5-8-20)15-23-10-12-24(13-11-23)16-18-14-19(22)6-9-21(18)25-2/h4-9,14H,3,10-13,15-16H2,1-2H3. The van der Waals surface area contributed by atoms with Gasteiger partial charge in [-0.2, -0.15) is 0 Å². The van der Waals surface area contributed by atoms with Crippen LogP contribution in [0.25, 0.3) is 0 Å². The molecular weight excluding hydrogens is 392 g/mol. The van der Waals surface area contributed by atoms with Crippen molar-refractivity contribution >= 4 is 15.9 Å². The molecule has 0 aliphatic carbocycles. The first-order valence-corrected chi connectivity index (χ1v) is 9.96. The number of hydrogen-bond donors (Lipinski definition) is 0. The van der Waals surface area contributed by atoms with Crippen LogP contribution in [0.4, 0.5) is 0 Å². The summed E-state index contributed by atoms with van der Waals surface area (Å²) in [7, 11) is 1.74. The molecule has 5 heteroatoms. The van der Waals surface area contributed by atoms with Gasteiger partial charge in [0.05, 0.1) is 13.7 Å². The summed E-state index contributed by atoms with van der Waals surface area (Å²) in [5.74, 6) is 1.91. The second-order valence-corrected chi connectivity index (χ2v) is 7.50. The third-order valence-electron chi connectivity index (χ3n) is 4.74. The molecule has 2 aromatic rings. The highest BCUT2D eigenvalue weighted by Gasteiger charge is 2.18. The van der Waals surface area contributed by atoms with Gasteiger partial charge in [-0.3, -0.25) is 9.80 Å². The lowest BCUT2D eigenvalue weighted by atomic mass is 10.1. The summed E-state index contributed by atoms with van der Waals surface area (Å²) in [5.41, 5.74) is 2.58. The second kappa shape index (κ2) is 9.40. The van der Waals surface area contributed by atoms with Crippen molar-refractivity contribution in [3.8, 4) is 11.5 Å². The third kappa shape index (κ3) is 5.22. The van der Waals surface area contributed by atoms with E-state index in [2.05, 4.69) is 56.1 Å². The fraction of sp³-hybridized carbons (Fsp3) is 0.429. The van der Waals surface area contributed by atoms with Crippen molar-refractivity contribution < 1.29 is 9.47 Å². The van der Waals surface area contributed by atoms with E-state index in [0.717, 1.165) is 55.2 Å². The zero-order chi connectivity index (χ0) is 18.4. The van der Waals surface area contributed by atoms with Crippen LogP contribution in [0.2, 0.25) is 0 Å². The lowest BCUT2D eigenvalue weighted by molar-refractivity contribution is 0.121. The van der Waals surface area contributed by atoms with Crippen LogP contribution in [0, 0.1) is 0 Å². The highest BCUT2D eigenvalue weighted by molar-refractivity contribution is 9.10. The Morgan fingerprint density at radius 1 is 0.923 bits per heavy atom. The molecule has 1 heterocycles. The zero-order valence-corrected chi connectivity index (χ0v) is 17.2. The van der Waals surface area contributed by atoms with Crippen LogP contribution in [0.1, 0.15) is 18.1 Å². The van der Waals surface area contributed by atoms with E-state index in [9.17, 15) is 0 Å². The van der Waals surface area contributed by atoms with Crippen LogP contribution in [0.15, 0.2) is 46.9 Å². The van der Waals surface area contributed by atoms with Crippen molar-refractivity contribution in [1.29, 1.82) is 0 Å². The Hall–Kier alpha value is -1.56. The Bertz CT molecular complexity index is 698. The molecule has 1 aliphatic heterocycles. The van der Waals surface area contributed by atoms with Crippen LogP contribution in [0.3, 0.4) is 0 Å². The van der Waals surface area contributed by atoms with Crippen LogP contribution < -0.4 is 9.47 Å². The number of piperazine rings is 1. The number of benzene rings is 2. The minimum Gasteiger partial charge on any atom is -0.496 e. The van der Waals surface area contributed by atoms with Crippen LogP contribution in [0.5, 0.6) is 11.5 Å². The maximum Gasteiger partial charge on any atom is 0.123 e. The number of rotatable bonds is 7. The molecule has 0 spiro atoms. The van der Waals surface area contributed by atoms with Gasteiger partial charge in [0, 0.05) is 49.3 Å². The fourth-order valence-electron chi connectivity index (χ4n) is 3.33. The number of halogens is 1. The van der Waals surface area contributed by atoms with Crippen molar-refractivity contribution in [2.45, 2.75) is 20.0 Å². The molecule has 3 rings (SSSR count). The number of methoxy groups -OCH3 is 1. The van der Waals surface area contributed by atoms with Crippen molar-refractivity contribution in [3.05, 3.63) is 58.1 Å². The highest BCUT2D eigenvalue weighted by Crippen LogP contribution is 2.25. The fourth-order valence-corrected chi connectivity index (χ4v) is 3.74. The minimum atomic E-state index is 0.712. The average Bonchev–Trinajstić information content (AvgIpc) is 2.65. The van der Waals surface area contributed by atoms with Crippen LogP contribution in [-0.4, -0.2) is 49.7 Å². The quantitative estimate of drug-likeness (QED) is 0.673. The molecule has 1 aliphatic rings. The second-order valence-electron chi connectivity index (χ2n) is 6.59. The van der Waals surface area contributed by atoms with E-state index >= 15 is 0 Å². The first kappa shape index (κ1) is 19.2. The topological polar surface area (TPSA) is 24.9 Å². The number of nitrogens with zero attached hydrogens (tertiary/aromatic N) is 2. The van der Waals surface area contributed by atoms with Gasteiger partial charge in [0.1, 0.15) is 11.5 Å². The van der Waals surface area contributed by atoms with E-state index in [1.165, 1.54) is 11.1 Å². The zero-order valence-electron chi connectivity index (χ0n) is 15.6. The Balaban J connectivity index is 1.50. The lowest BCUT2D eigenvalue weighted by Gasteiger charge is -2.35. The van der Waals surface area contributed by atoms with Crippen molar-refractivity contribution in [1.82, 2.24) is 9.80 Å². The molecule has 0 aromatic heterocycles. The van der Waals surface area contributed by atoms with E-state index in [1.807, 2.05) is 19.1 Å². The smallest absolute Gasteiger partial charge is 0.123 e. The molecule has 0 atom stereocenters. The van der Waals surface area contributed by atoms with Gasteiger partial charge in [0.15, 0.2) is 0 Å². The van der Waals surface area contributed by atoms with E-state index < -0.39 is 0 Å². The van der Waals surface area contributed by atoms with E-state index in [0.29, 0.717) is 6.61 Å². The van der Waals surface area contributed by atoms with Gasteiger partial charge in [-0.25, -0.2) is 0 Å². The molecular formula is C21H27BrN2O2. The summed E-state index contributed by atoms with van der Waals surface area (Å²) in [6.07, 6.45) is 0. The molecule has 140 valence electrons. The van der Waals surface area contributed by atoms with Crippen LogP contribution >= 0.6 is 15.9 Å². The van der Waals surface area contributed by atoms with Gasteiger partial charge in [0.25, 0.3) is 0 Å². The molecule has 0 unspecified atom stereocenters. The molecule has 26 heavy (non-hydrogen) atoms. The molecule has 0 bridgehead atoms. The van der Waals surface area contributed by atoms with E-state index in [-0.39, 0.29) is 0 Å². The Morgan fingerprint density at radius 2 is 1.58 bits per heavy atom. The largest absolute Gasteiger partial charge is 0.496 e. The Morgan fingerprint density at radius 3 is 2.19 bits per heavy atom. The molecule has 1 saturated heterocycles. The molecule has 2 aromatic carbocycles. The Labute approximate surface area is 164 Å². The predicted octanol–water partition coefficient (Wildman–Crippen LogP) is 4.17. The summed E-state index contributed by atoms with van der Waals surface area (Å²) in [6.45, 7) is 8.98. The molecule has 1 fully saturated rings. The molecule has 0 saturated carbocycles. The number of hydrogen-bond acceptors (Lipinski definition) is 4. The first-order chi connectivity index (χ1) is 12.7. The summed E-state index contributed by atoms with van der Waals surface area (Å²) < 4.78 is 12.1. The third-order valence-corrected chi connectivity index (χ3v) is 5.24. The van der Waals surface area contributed by atoms with Gasteiger partial charge in [-0.05, 0) is 42.8 Å². The van der Waals surface area contributed by atoms with Gasteiger partial charge >= 0.3 is 0 Å². The number of ether oxygens (including phenoxy) is 2. The van der Waals surface area contributed by atoms with Crippen LogP contribution in [-0.2, 0) is 13.1 Å². The summed E-state index contributed by atoms with van der Waals surface area (Å²) in [4.78, 5) is 5.02. The normalized spacial score (nSPS) is 15.8. The monoisotopic (exact) mass is 418 g/mol. The molecule has 4 nitrogen and oxygen atoms in total. The lowest BCUT2D eigenvalue weighted by Crippen LogP contribution is -2.45. The van der Waals surface area contributed by atoms with E-state index in [4.69, 9.17) is 9.47 Å². The predicted molar refractivity (Wildman–Crippen MR) is 109 cm³/mol. The molecule has 0 radical (unpaired) electrons. The van der Waals surface area contributed by atoms with Crippen molar-refractivity contribution in [2.24, 2.45) is 0 Å². The van der Waals surface area contributed by atoms with Gasteiger partial charge < -0.3 is 9.47 Å². The van der Waals surface area contributed by atoms with Gasteiger partial charge in [-0.1, -0.05) is 28.1 Å². The van der Waals surface area contributed by atoms with Crippen molar-refractivity contribution in [2.75, 3.05) is 39.9 Å². The van der Waals surface area contributed by atoms with E-state index in [1.54, 1.807) is 7.11 Å². The highest BCUT2D eigenvalue weighted by atomic mass is 79.9. The maximum absolute atomic E-state index is 5.51. The van der Waals surface area contributed by atoms with Crippen molar-refractivity contribution in [3.63, 3.8) is 0 Å². The van der Waals surface area contributed by atoms with Gasteiger partial charge in [-0.15, -0.1) is 0 Å². The van der Waals surface area contributed by atoms with Gasteiger partial charge in [0.2, 0.25) is 0 Å². The molecule has 0 amide bonds. The molecule has 0 N–H and O–H groups in total. The Kier molecular flexibility index (Phi) is 6.94. The minimum absolute atomic E-state index is 0.712.